The Morgan fingerprint density at radius 1 is 1.19 bits per heavy atom. The summed E-state index contributed by atoms with van der Waals surface area (Å²) in [6.07, 6.45) is 0.481. The predicted molar refractivity (Wildman–Crippen MR) is 63.9 cm³/mol. The molecule has 0 atom stereocenters. The van der Waals surface area contributed by atoms with Gasteiger partial charge in [0.25, 0.3) is 0 Å². The lowest BCUT2D eigenvalue weighted by atomic mass is 9.69. The second-order valence-corrected chi connectivity index (χ2v) is 6.14. The summed E-state index contributed by atoms with van der Waals surface area (Å²) in [5, 5.41) is 0. The van der Waals surface area contributed by atoms with Crippen LogP contribution in [0.1, 0.15) is 41.5 Å². The van der Waals surface area contributed by atoms with Gasteiger partial charge >= 0.3 is 7.12 Å². The maximum Gasteiger partial charge on any atom is 0.458 e. The van der Waals surface area contributed by atoms with E-state index in [1.165, 1.54) is 0 Å². The molecule has 0 bridgehead atoms. The van der Waals surface area contributed by atoms with Crippen LogP contribution in [0.2, 0.25) is 6.32 Å². The molecule has 1 rings (SSSR count). The van der Waals surface area contributed by atoms with Crippen LogP contribution in [-0.4, -0.2) is 24.2 Å². The first-order chi connectivity index (χ1) is 6.98. The standard InChI is InChI=1S/C11H22BNO3/c1-9(2,8(13)14)7-12-15-10(3,4)11(5,6)16-12/h7H2,1-6H3,(H2,13,14). The first-order valence-electron chi connectivity index (χ1n) is 5.63. The van der Waals surface area contributed by atoms with Crippen molar-refractivity contribution in [1.29, 1.82) is 0 Å². The van der Waals surface area contributed by atoms with Gasteiger partial charge < -0.3 is 15.0 Å². The molecule has 0 unspecified atom stereocenters. The number of amides is 1. The molecule has 1 aliphatic heterocycles. The number of nitrogens with two attached hydrogens (primary N) is 1. The van der Waals surface area contributed by atoms with Gasteiger partial charge in [0.05, 0.1) is 11.2 Å². The zero-order chi connectivity index (χ0) is 12.8. The SMILES string of the molecule is CC(C)(CB1OC(C)(C)C(C)(C)O1)C(N)=O. The second kappa shape index (κ2) is 3.74. The third-order valence-corrected chi connectivity index (χ3v) is 3.65. The molecule has 1 aliphatic rings. The molecule has 0 radical (unpaired) electrons. The van der Waals surface area contributed by atoms with E-state index in [2.05, 4.69) is 0 Å². The largest absolute Gasteiger partial charge is 0.458 e. The second-order valence-electron chi connectivity index (χ2n) is 6.14. The molecule has 92 valence electrons. The van der Waals surface area contributed by atoms with Gasteiger partial charge in [0.1, 0.15) is 0 Å². The highest BCUT2D eigenvalue weighted by Crippen LogP contribution is 2.40. The Kier molecular flexibility index (Phi) is 3.16. The molecule has 0 saturated carbocycles. The zero-order valence-electron chi connectivity index (χ0n) is 11.1. The van der Waals surface area contributed by atoms with Gasteiger partial charge in [0.15, 0.2) is 0 Å². The molecule has 0 aromatic heterocycles. The lowest BCUT2D eigenvalue weighted by molar-refractivity contribution is -0.125. The molecule has 0 spiro atoms. The molecule has 5 heteroatoms. The fraction of sp³-hybridized carbons (Fsp3) is 0.909. The summed E-state index contributed by atoms with van der Waals surface area (Å²) in [4.78, 5) is 11.2. The maximum absolute atomic E-state index is 11.2. The number of rotatable bonds is 3. The van der Waals surface area contributed by atoms with Gasteiger partial charge in [-0.15, -0.1) is 0 Å². The molecular weight excluding hydrogens is 205 g/mol. The van der Waals surface area contributed by atoms with E-state index in [4.69, 9.17) is 15.0 Å². The van der Waals surface area contributed by atoms with Crippen molar-refractivity contribution < 1.29 is 14.1 Å². The minimum atomic E-state index is -0.610. The molecule has 0 aromatic rings. The van der Waals surface area contributed by atoms with Crippen molar-refractivity contribution in [2.45, 2.75) is 59.1 Å². The molecule has 0 aromatic carbocycles. The van der Waals surface area contributed by atoms with Crippen LogP contribution < -0.4 is 5.73 Å². The Morgan fingerprint density at radius 3 is 1.88 bits per heavy atom. The lowest BCUT2D eigenvalue weighted by Crippen LogP contribution is -2.41. The summed E-state index contributed by atoms with van der Waals surface area (Å²) in [6, 6.07) is 0. The summed E-state index contributed by atoms with van der Waals surface area (Å²) in [7, 11) is -0.368. The maximum atomic E-state index is 11.2. The first kappa shape index (κ1) is 13.5. The average Bonchev–Trinajstić information content (AvgIpc) is 2.17. The van der Waals surface area contributed by atoms with E-state index in [0.29, 0.717) is 6.32 Å². The summed E-state index contributed by atoms with van der Waals surface area (Å²) in [5.41, 5.74) is 4.01. The Bertz CT molecular complexity index is 284. The first-order valence-corrected chi connectivity index (χ1v) is 5.63. The molecule has 1 saturated heterocycles. The summed E-state index contributed by atoms with van der Waals surface area (Å²) in [6.45, 7) is 11.6. The van der Waals surface area contributed by atoms with Crippen LogP contribution in [0.4, 0.5) is 0 Å². The van der Waals surface area contributed by atoms with Crippen molar-refractivity contribution in [2.24, 2.45) is 11.1 Å². The van der Waals surface area contributed by atoms with Gasteiger partial charge in [-0.1, -0.05) is 13.8 Å². The van der Waals surface area contributed by atoms with Gasteiger partial charge in [0, 0.05) is 5.41 Å². The van der Waals surface area contributed by atoms with Gasteiger partial charge in [-0.3, -0.25) is 4.79 Å². The third kappa shape index (κ3) is 2.41. The monoisotopic (exact) mass is 227 g/mol. The fourth-order valence-electron chi connectivity index (χ4n) is 1.57. The average molecular weight is 227 g/mol. The Balaban J connectivity index is 2.72. The number of carbonyl (C=O) groups is 1. The van der Waals surface area contributed by atoms with E-state index in [-0.39, 0.29) is 24.2 Å². The zero-order valence-corrected chi connectivity index (χ0v) is 11.1. The topological polar surface area (TPSA) is 61.6 Å². The minimum absolute atomic E-state index is 0.331. The van der Waals surface area contributed by atoms with Gasteiger partial charge in [-0.25, -0.2) is 0 Å². The Labute approximate surface area is 98.0 Å². The summed E-state index contributed by atoms with van der Waals surface area (Å²) in [5.74, 6) is -0.331. The van der Waals surface area contributed by atoms with E-state index >= 15 is 0 Å². The molecule has 1 fully saturated rings. The van der Waals surface area contributed by atoms with Crippen molar-refractivity contribution in [3.63, 3.8) is 0 Å². The highest BCUT2D eigenvalue weighted by Gasteiger charge is 2.52. The van der Waals surface area contributed by atoms with E-state index in [0.717, 1.165) is 0 Å². The number of hydrogen-bond donors (Lipinski definition) is 1. The van der Waals surface area contributed by atoms with Crippen LogP contribution in [-0.2, 0) is 14.1 Å². The highest BCUT2D eigenvalue weighted by atomic mass is 16.7. The van der Waals surface area contributed by atoms with E-state index in [1.54, 1.807) is 13.8 Å². The fourth-order valence-corrected chi connectivity index (χ4v) is 1.57. The van der Waals surface area contributed by atoms with Crippen LogP contribution in [0, 0.1) is 5.41 Å². The molecule has 0 aliphatic carbocycles. The minimum Gasteiger partial charge on any atom is -0.403 e. The van der Waals surface area contributed by atoms with Crippen molar-refractivity contribution >= 4 is 13.0 Å². The normalized spacial score (nSPS) is 23.5. The van der Waals surface area contributed by atoms with Crippen LogP contribution in [0.3, 0.4) is 0 Å². The van der Waals surface area contributed by atoms with Crippen LogP contribution in [0.25, 0.3) is 0 Å². The van der Waals surface area contributed by atoms with E-state index in [9.17, 15) is 4.79 Å². The number of carbonyl (C=O) groups excluding carboxylic acids is 1. The third-order valence-electron chi connectivity index (χ3n) is 3.65. The van der Waals surface area contributed by atoms with Gasteiger partial charge in [-0.05, 0) is 34.0 Å². The predicted octanol–water partition coefficient (Wildman–Crippen LogP) is 1.59. The smallest absolute Gasteiger partial charge is 0.403 e. The molecular formula is C11H22BNO3. The quantitative estimate of drug-likeness (QED) is 0.744. The lowest BCUT2D eigenvalue weighted by Gasteiger charge is -2.32. The van der Waals surface area contributed by atoms with Crippen molar-refractivity contribution in [3.05, 3.63) is 0 Å². The summed E-state index contributed by atoms with van der Waals surface area (Å²) >= 11 is 0. The molecule has 2 N–H and O–H groups in total. The van der Waals surface area contributed by atoms with Crippen molar-refractivity contribution in [3.8, 4) is 0 Å². The van der Waals surface area contributed by atoms with E-state index < -0.39 is 5.41 Å². The molecule has 16 heavy (non-hydrogen) atoms. The Hall–Kier alpha value is -0.545. The van der Waals surface area contributed by atoms with Crippen LogP contribution >= 0.6 is 0 Å². The molecule has 1 amide bonds. The van der Waals surface area contributed by atoms with E-state index in [1.807, 2.05) is 27.7 Å². The number of hydrogen-bond acceptors (Lipinski definition) is 3. The Morgan fingerprint density at radius 2 is 1.56 bits per heavy atom. The molecule has 4 nitrogen and oxygen atoms in total. The highest BCUT2D eigenvalue weighted by molar-refractivity contribution is 6.46. The number of primary amides is 1. The van der Waals surface area contributed by atoms with Crippen molar-refractivity contribution in [2.75, 3.05) is 0 Å². The summed E-state index contributed by atoms with van der Waals surface area (Å²) < 4.78 is 11.6. The van der Waals surface area contributed by atoms with Crippen LogP contribution in [0.5, 0.6) is 0 Å². The van der Waals surface area contributed by atoms with Crippen molar-refractivity contribution in [1.82, 2.24) is 0 Å². The van der Waals surface area contributed by atoms with Gasteiger partial charge in [0.2, 0.25) is 5.91 Å². The van der Waals surface area contributed by atoms with Crippen LogP contribution in [0.15, 0.2) is 0 Å². The molecule has 1 heterocycles. The van der Waals surface area contributed by atoms with Gasteiger partial charge in [-0.2, -0.15) is 0 Å².